The molecule has 0 aliphatic rings. The smallest absolute Gasteiger partial charge is 0.227 e. The van der Waals surface area contributed by atoms with Gasteiger partial charge in [0.05, 0.1) is 12.6 Å². The van der Waals surface area contributed by atoms with Crippen molar-refractivity contribution in [1.82, 2.24) is 0 Å². The van der Waals surface area contributed by atoms with E-state index in [0.717, 1.165) is 10.5 Å². The number of rotatable bonds is 3. The minimum atomic E-state index is 0.0995. The van der Waals surface area contributed by atoms with E-state index >= 15 is 0 Å². The summed E-state index contributed by atoms with van der Waals surface area (Å²) in [6.07, 6.45) is 5.32. The zero-order valence-electron chi connectivity index (χ0n) is 8.84. The first-order valence-corrected chi connectivity index (χ1v) is 5.83. The van der Waals surface area contributed by atoms with E-state index in [1.807, 2.05) is 42.7 Å². The van der Waals surface area contributed by atoms with Crippen LogP contribution in [0, 0.1) is 17.9 Å². The van der Waals surface area contributed by atoms with Crippen molar-refractivity contribution in [1.29, 1.82) is 5.26 Å². The second-order valence-electron chi connectivity index (χ2n) is 2.88. The standard InChI is InChI=1S/C13H10N2S/c1-15-12(10-14)8-9-13(16-2)11-6-4-3-5-7-11/h3-9H,2H3/b12-8-,13-9+. The van der Waals surface area contributed by atoms with E-state index in [2.05, 4.69) is 4.85 Å². The van der Waals surface area contributed by atoms with Crippen molar-refractivity contribution < 1.29 is 0 Å². The molecule has 1 rings (SSSR count). The Morgan fingerprint density at radius 1 is 1.38 bits per heavy atom. The predicted molar refractivity (Wildman–Crippen MR) is 68.2 cm³/mol. The molecule has 1 aromatic rings. The Morgan fingerprint density at radius 2 is 2.06 bits per heavy atom. The average molecular weight is 226 g/mol. The molecule has 0 fully saturated rings. The van der Waals surface area contributed by atoms with Gasteiger partial charge < -0.3 is 0 Å². The average Bonchev–Trinajstić information content (AvgIpc) is 2.36. The number of hydrogen-bond donors (Lipinski definition) is 0. The first-order valence-electron chi connectivity index (χ1n) is 4.60. The molecule has 0 bridgehead atoms. The molecule has 0 aliphatic heterocycles. The Bertz CT molecular complexity index is 471. The summed E-state index contributed by atoms with van der Waals surface area (Å²) in [5, 5.41) is 8.61. The van der Waals surface area contributed by atoms with Crippen LogP contribution in [0.2, 0.25) is 0 Å². The quantitative estimate of drug-likeness (QED) is 0.446. The van der Waals surface area contributed by atoms with Gasteiger partial charge >= 0.3 is 0 Å². The van der Waals surface area contributed by atoms with Crippen molar-refractivity contribution in [2.45, 2.75) is 0 Å². The summed E-state index contributed by atoms with van der Waals surface area (Å²) in [7, 11) is 0. The fourth-order valence-electron chi connectivity index (χ4n) is 1.14. The normalized spacial score (nSPS) is 11.7. The molecular weight excluding hydrogens is 216 g/mol. The van der Waals surface area contributed by atoms with Gasteiger partial charge in [-0.1, -0.05) is 36.4 Å². The largest absolute Gasteiger partial charge is 0.261 e. The van der Waals surface area contributed by atoms with E-state index in [9.17, 15) is 0 Å². The summed E-state index contributed by atoms with van der Waals surface area (Å²) >= 11 is 1.59. The molecule has 0 saturated heterocycles. The van der Waals surface area contributed by atoms with Gasteiger partial charge in [-0.2, -0.15) is 0 Å². The summed E-state index contributed by atoms with van der Waals surface area (Å²) < 4.78 is 0. The van der Waals surface area contributed by atoms with Crippen molar-refractivity contribution in [3.8, 4) is 6.07 Å². The lowest BCUT2D eigenvalue weighted by molar-refractivity contribution is 1.50. The summed E-state index contributed by atoms with van der Waals surface area (Å²) in [5.41, 5.74) is 1.19. The molecule has 0 radical (unpaired) electrons. The second kappa shape index (κ2) is 6.50. The lowest BCUT2D eigenvalue weighted by Gasteiger charge is -2.02. The summed E-state index contributed by atoms with van der Waals surface area (Å²) in [4.78, 5) is 4.14. The lowest BCUT2D eigenvalue weighted by atomic mass is 10.2. The van der Waals surface area contributed by atoms with Gasteiger partial charge in [-0.3, -0.25) is 0 Å². The molecule has 0 heterocycles. The highest BCUT2D eigenvalue weighted by atomic mass is 32.2. The highest BCUT2D eigenvalue weighted by Gasteiger charge is 1.97. The number of thioether (sulfide) groups is 1. The van der Waals surface area contributed by atoms with Crippen molar-refractivity contribution in [3.63, 3.8) is 0 Å². The molecule has 0 atom stereocenters. The number of nitrogens with zero attached hydrogens (tertiary/aromatic N) is 2. The van der Waals surface area contributed by atoms with Gasteiger partial charge in [-0.15, -0.1) is 11.8 Å². The maximum atomic E-state index is 8.61. The van der Waals surface area contributed by atoms with Crippen LogP contribution in [0.15, 0.2) is 48.2 Å². The summed E-state index contributed by atoms with van der Waals surface area (Å²) in [6, 6.07) is 11.7. The van der Waals surface area contributed by atoms with E-state index in [1.54, 1.807) is 23.9 Å². The van der Waals surface area contributed by atoms with Gasteiger partial charge in [0.15, 0.2) is 0 Å². The second-order valence-corrected chi connectivity index (χ2v) is 3.72. The Hall–Kier alpha value is -1.97. The van der Waals surface area contributed by atoms with Crippen LogP contribution in [-0.2, 0) is 0 Å². The minimum absolute atomic E-state index is 0.0995. The summed E-state index contributed by atoms with van der Waals surface area (Å²) in [6.45, 7) is 6.76. The molecule has 2 nitrogen and oxygen atoms in total. The number of nitriles is 1. The fraction of sp³-hybridized carbons (Fsp3) is 0.0769. The molecule has 78 valence electrons. The molecule has 3 heteroatoms. The minimum Gasteiger partial charge on any atom is -0.227 e. The van der Waals surface area contributed by atoms with E-state index in [4.69, 9.17) is 11.8 Å². The van der Waals surface area contributed by atoms with Crippen LogP contribution < -0.4 is 0 Å². The van der Waals surface area contributed by atoms with Crippen molar-refractivity contribution >= 4 is 16.7 Å². The Kier molecular flexibility index (Phi) is 4.92. The van der Waals surface area contributed by atoms with Gasteiger partial charge in [0.25, 0.3) is 5.70 Å². The first-order chi connectivity index (χ1) is 7.81. The molecule has 0 spiro atoms. The molecule has 16 heavy (non-hydrogen) atoms. The van der Waals surface area contributed by atoms with Gasteiger partial charge in [0, 0.05) is 4.91 Å². The van der Waals surface area contributed by atoms with Gasteiger partial charge in [0.1, 0.15) is 0 Å². The van der Waals surface area contributed by atoms with Gasteiger partial charge in [-0.25, -0.2) is 10.1 Å². The van der Waals surface area contributed by atoms with Crippen LogP contribution in [0.1, 0.15) is 5.56 Å². The van der Waals surface area contributed by atoms with E-state index < -0.39 is 0 Å². The molecule has 0 saturated carbocycles. The molecule has 0 amide bonds. The van der Waals surface area contributed by atoms with Crippen LogP contribution in [-0.4, -0.2) is 6.26 Å². The highest BCUT2D eigenvalue weighted by molar-refractivity contribution is 8.07. The Balaban J connectivity index is 3.02. The summed E-state index contributed by atoms with van der Waals surface area (Å²) in [5.74, 6) is 0. The first kappa shape index (κ1) is 12.1. The van der Waals surface area contributed by atoms with Crippen LogP contribution in [0.25, 0.3) is 9.75 Å². The van der Waals surface area contributed by atoms with Gasteiger partial charge in [0.2, 0.25) is 0 Å². The third kappa shape index (κ3) is 3.31. The van der Waals surface area contributed by atoms with Gasteiger partial charge in [-0.05, 0) is 17.9 Å². The monoisotopic (exact) mass is 226 g/mol. The zero-order chi connectivity index (χ0) is 11.8. The molecule has 0 N–H and O–H groups in total. The van der Waals surface area contributed by atoms with Crippen LogP contribution in [0.4, 0.5) is 0 Å². The highest BCUT2D eigenvalue weighted by Crippen LogP contribution is 2.24. The Morgan fingerprint density at radius 3 is 2.56 bits per heavy atom. The molecular formula is C13H10N2S. The molecule has 0 aliphatic carbocycles. The lowest BCUT2D eigenvalue weighted by Crippen LogP contribution is -1.77. The number of hydrogen-bond acceptors (Lipinski definition) is 2. The third-order valence-electron chi connectivity index (χ3n) is 1.91. The van der Waals surface area contributed by atoms with Crippen molar-refractivity contribution in [2.24, 2.45) is 0 Å². The molecule has 1 aromatic carbocycles. The maximum Gasteiger partial charge on any atom is 0.261 e. The SMILES string of the molecule is [C-]#[N+]/C(C#N)=C\C=C(\SC)c1ccccc1. The maximum absolute atomic E-state index is 8.61. The van der Waals surface area contributed by atoms with Crippen LogP contribution >= 0.6 is 11.8 Å². The van der Waals surface area contributed by atoms with Crippen molar-refractivity contribution in [3.05, 3.63) is 65.2 Å². The van der Waals surface area contributed by atoms with E-state index in [-0.39, 0.29) is 5.70 Å². The zero-order valence-corrected chi connectivity index (χ0v) is 9.66. The number of allylic oxidation sites excluding steroid dienone is 3. The van der Waals surface area contributed by atoms with E-state index in [0.29, 0.717) is 0 Å². The fourth-order valence-corrected chi connectivity index (χ4v) is 1.71. The molecule has 0 aromatic heterocycles. The van der Waals surface area contributed by atoms with Crippen LogP contribution in [0.5, 0.6) is 0 Å². The Labute approximate surface area is 99.7 Å². The number of benzene rings is 1. The van der Waals surface area contributed by atoms with E-state index in [1.165, 1.54) is 0 Å². The van der Waals surface area contributed by atoms with Crippen molar-refractivity contribution in [2.75, 3.05) is 6.26 Å². The third-order valence-corrected chi connectivity index (χ3v) is 2.72. The molecule has 0 unspecified atom stereocenters. The van der Waals surface area contributed by atoms with Crippen LogP contribution in [0.3, 0.4) is 0 Å². The topological polar surface area (TPSA) is 28.1 Å². The predicted octanol–water partition coefficient (Wildman–Crippen LogP) is 3.72.